The zero-order valence-corrected chi connectivity index (χ0v) is 9.00. The van der Waals surface area contributed by atoms with Gasteiger partial charge in [-0.3, -0.25) is 9.69 Å². The zero-order chi connectivity index (χ0) is 11.4. The molecule has 1 fully saturated rings. The van der Waals surface area contributed by atoms with E-state index in [0.717, 1.165) is 5.56 Å². The van der Waals surface area contributed by atoms with E-state index in [1.807, 2.05) is 35.2 Å². The van der Waals surface area contributed by atoms with E-state index in [1.54, 1.807) is 0 Å². The molecule has 86 valence electrons. The quantitative estimate of drug-likeness (QED) is 0.826. The molecule has 0 radical (unpaired) electrons. The van der Waals surface area contributed by atoms with Crippen LogP contribution in [0.1, 0.15) is 5.56 Å². The van der Waals surface area contributed by atoms with E-state index in [4.69, 9.17) is 9.84 Å². The first-order valence-corrected chi connectivity index (χ1v) is 5.36. The minimum atomic E-state index is -0.810. The fraction of sp³-hybridized carbons (Fsp3) is 0.417. The van der Waals surface area contributed by atoms with Crippen molar-refractivity contribution in [2.75, 3.05) is 19.8 Å². The van der Waals surface area contributed by atoms with Crippen molar-refractivity contribution in [2.24, 2.45) is 0 Å². The Bertz CT molecular complexity index is 353. The molecule has 0 bridgehead atoms. The zero-order valence-electron chi connectivity index (χ0n) is 9.00. The second-order valence-electron chi connectivity index (χ2n) is 3.89. The van der Waals surface area contributed by atoms with Gasteiger partial charge < -0.3 is 9.84 Å². The van der Waals surface area contributed by atoms with Crippen LogP contribution < -0.4 is 0 Å². The van der Waals surface area contributed by atoms with Crippen LogP contribution in [0.25, 0.3) is 0 Å². The lowest BCUT2D eigenvalue weighted by atomic mass is 10.1. The molecule has 0 spiro atoms. The maximum Gasteiger partial charge on any atom is 0.323 e. The highest BCUT2D eigenvalue weighted by molar-refractivity contribution is 5.73. The van der Waals surface area contributed by atoms with Gasteiger partial charge >= 0.3 is 5.97 Å². The van der Waals surface area contributed by atoms with Gasteiger partial charge in [0.1, 0.15) is 6.04 Å². The fourth-order valence-corrected chi connectivity index (χ4v) is 1.87. The first-order valence-electron chi connectivity index (χ1n) is 5.36. The molecular formula is C12H15NO3. The summed E-state index contributed by atoms with van der Waals surface area (Å²) < 4.78 is 5.19. The second-order valence-corrected chi connectivity index (χ2v) is 3.89. The van der Waals surface area contributed by atoms with Crippen LogP contribution in [-0.2, 0) is 16.1 Å². The summed E-state index contributed by atoms with van der Waals surface area (Å²) >= 11 is 0. The van der Waals surface area contributed by atoms with E-state index in [0.29, 0.717) is 19.7 Å². The molecule has 1 aromatic carbocycles. The minimum absolute atomic E-state index is 0.280. The van der Waals surface area contributed by atoms with Crippen molar-refractivity contribution in [1.82, 2.24) is 4.90 Å². The standard InChI is InChI=1S/C12H15NO3/c14-12(15)11-9-16-7-6-13(11)8-10-4-2-1-3-5-10/h1-5,11H,6-9H2,(H,14,15). The van der Waals surface area contributed by atoms with Crippen molar-refractivity contribution in [3.63, 3.8) is 0 Å². The van der Waals surface area contributed by atoms with Crippen LogP contribution in [0.5, 0.6) is 0 Å². The Morgan fingerprint density at radius 3 is 2.88 bits per heavy atom. The lowest BCUT2D eigenvalue weighted by Gasteiger charge is -2.32. The first kappa shape index (κ1) is 11.1. The van der Waals surface area contributed by atoms with Crippen LogP contribution in [0.2, 0.25) is 0 Å². The number of rotatable bonds is 3. The molecule has 0 aromatic heterocycles. The normalized spacial score (nSPS) is 21.9. The van der Waals surface area contributed by atoms with Gasteiger partial charge in [0.15, 0.2) is 0 Å². The molecule has 1 aliphatic heterocycles. The average molecular weight is 221 g/mol. The number of benzene rings is 1. The van der Waals surface area contributed by atoms with Crippen LogP contribution in [0.4, 0.5) is 0 Å². The maximum absolute atomic E-state index is 11.0. The molecule has 4 nitrogen and oxygen atoms in total. The molecule has 2 rings (SSSR count). The minimum Gasteiger partial charge on any atom is -0.480 e. The molecular weight excluding hydrogens is 206 g/mol. The van der Waals surface area contributed by atoms with Gasteiger partial charge in [0.2, 0.25) is 0 Å². The molecule has 1 aliphatic rings. The van der Waals surface area contributed by atoms with Crippen LogP contribution in [0.3, 0.4) is 0 Å². The van der Waals surface area contributed by atoms with Gasteiger partial charge in [-0.2, -0.15) is 0 Å². The molecule has 0 saturated carbocycles. The van der Waals surface area contributed by atoms with Gasteiger partial charge in [-0.05, 0) is 5.56 Å². The summed E-state index contributed by atoms with van der Waals surface area (Å²) in [6.45, 7) is 2.23. The molecule has 1 atom stereocenters. The molecule has 1 N–H and O–H groups in total. The highest BCUT2D eigenvalue weighted by atomic mass is 16.5. The van der Waals surface area contributed by atoms with Gasteiger partial charge in [-0.25, -0.2) is 0 Å². The van der Waals surface area contributed by atoms with E-state index >= 15 is 0 Å². The summed E-state index contributed by atoms with van der Waals surface area (Å²) in [5, 5.41) is 9.07. The number of nitrogens with zero attached hydrogens (tertiary/aromatic N) is 1. The lowest BCUT2D eigenvalue weighted by Crippen LogP contribution is -2.49. The maximum atomic E-state index is 11.0. The highest BCUT2D eigenvalue weighted by Crippen LogP contribution is 2.12. The van der Waals surface area contributed by atoms with Gasteiger partial charge in [0.25, 0.3) is 0 Å². The summed E-state index contributed by atoms with van der Waals surface area (Å²) in [6, 6.07) is 9.38. The Hall–Kier alpha value is -1.39. The predicted octanol–water partition coefficient (Wildman–Crippen LogP) is 0.972. The van der Waals surface area contributed by atoms with E-state index in [1.165, 1.54) is 0 Å². The molecule has 0 aliphatic carbocycles. The van der Waals surface area contributed by atoms with Crippen molar-refractivity contribution < 1.29 is 14.6 Å². The third kappa shape index (κ3) is 2.59. The molecule has 1 saturated heterocycles. The SMILES string of the molecule is O=C(O)C1COCCN1Cc1ccccc1. The van der Waals surface area contributed by atoms with Crippen molar-refractivity contribution in [3.05, 3.63) is 35.9 Å². The Labute approximate surface area is 94.4 Å². The van der Waals surface area contributed by atoms with Crippen LogP contribution in [-0.4, -0.2) is 41.8 Å². The average Bonchev–Trinajstić information content (AvgIpc) is 2.31. The molecule has 16 heavy (non-hydrogen) atoms. The molecule has 1 aromatic rings. The molecule has 1 heterocycles. The summed E-state index contributed by atoms with van der Waals surface area (Å²) in [4.78, 5) is 13.0. The number of carboxylic acids is 1. The molecule has 0 amide bonds. The van der Waals surface area contributed by atoms with Gasteiger partial charge in [-0.15, -0.1) is 0 Å². The monoisotopic (exact) mass is 221 g/mol. The van der Waals surface area contributed by atoms with Crippen molar-refractivity contribution in [2.45, 2.75) is 12.6 Å². The Morgan fingerprint density at radius 2 is 2.19 bits per heavy atom. The number of carbonyl (C=O) groups is 1. The summed E-state index contributed by atoms with van der Waals surface area (Å²) in [5.41, 5.74) is 1.13. The van der Waals surface area contributed by atoms with Crippen molar-refractivity contribution in [3.8, 4) is 0 Å². The topological polar surface area (TPSA) is 49.8 Å². The third-order valence-corrected chi connectivity index (χ3v) is 2.75. The highest BCUT2D eigenvalue weighted by Gasteiger charge is 2.28. The van der Waals surface area contributed by atoms with Gasteiger partial charge in [-0.1, -0.05) is 30.3 Å². The van der Waals surface area contributed by atoms with Gasteiger partial charge in [0, 0.05) is 13.1 Å². The fourth-order valence-electron chi connectivity index (χ4n) is 1.87. The smallest absolute Gasteiger partial charge is 0.323 e. The summed E-state index contributed by atoms with van der Waals surface area (Å²) in [5.74, 6) is -0.810. The van der Waals surface area contributed by atoms with Crippen LogP contribution in [0.15, 0.2) is 30.3 Å². The number of morpholine rings is 1. The lowest BCUT2D eigenvalue weighted by molar-refractivity contribution is -0.150. The Kier molecular flexibility index (Phi) is 3.54. The van der Waals surface area contributed by atoms with E-state index < -0.39 is 12.0 Å². The van der Waals surface area contributed by atoms with Crippen molar-refractivity contribution in [1.29, 1.82) is 0 Å². The van der Waals surface area contributed by atoms with Crippen LogP contribution in [0, 0.1) is 0 Å². The second kappa shape index (κ2) is 5.09. The van der Waals surface area contributed by atoms with E-state index in [-0.39, 0.29) is 6.61 Å². The number of hydrogen-bond acceptors (Lipinski definition) is 3. The Balaban J connectivity index is 2.04. The van der Waals surface area contributed by atoms with Crippen molar-refractivity contribution >= 4 is 5.97 Å². The number of aliphatic carboxylic acids is 1. The summed E-state index contributed by atoms with van der Waals surface area (Å²) in [7, 11) is 0. The summed E-state index contributed by atoms with van der Waals surface area (Å²) in [6.07, 6.45) is 0. The number of carboxylic acid groups (broad SMARTS) is 1. The Morgan fingerprint density at radius 1 is 1.44 bits per heavy atom. The number of ether oxygens (including phenoxy) is 1. The van der Waals surface area contributed by atoms with Crippen LogP contribution >= 0.6 is 0 Å². The number of hydrogen-bond donors (Lipinski definition) is 1. The predicted molar refractivity (Wildman–Crippen MR) is 59.1 cm³/mol. The van der Waals surface area contributed by atoms with Gasteiger partial charge in [0.05, 0.1) is 13.2 Å². The van der Waals surface area contributed by atoms with E-state index in [2.05, 4.69) is 0 Å². The largest absolute Gasteiger partial charge is 0.480 e. The molecule has 1 unspecified atom stereocenters. The first-order chi connectivity index (χ1) is 7.77. The molecule has 4 heteroatoms. The third-order valence-electron chi connectivity index (χ3n) is 2.75. The van der Waals surface area contributed by atoms with E-state index in [9.17, 15) is 4.79 Å².